The van der Waals surface area contributed by atoms with Crippen LogP contribution in [-0.4, -0.2) is 82.7 Å². The second-order valence-corrected chi connectivity index (χ2v) is 9.73. The number of carbonyl (C=O) groups excluding carboxylic acids is 2. The Morgan fingerprint density at radius 2 is 1.92 bits per heavy atom. The summed E-state index contributed by atoms with van der Waals surface area (Å²) in [4.78, 5) is 38.5. The minimum atomic E-state index is -0.416. The maximum Gasteiger partial charge on any atom is 0.259 e. The zero-order valence-electron chi connectivity index (χ0n) is 22.2. The van der Waals surface area contributed by atoms with Crippen LogP contribution < -0.4 is 9.47 Å². The predicted octanol–water partition coefficient (Wildman–Crippen LogP) is 3.07. The number of ether oxygens (including phenoxy) is 2. The minimum absolute atomic E-state index is 0.0474. The number of nitrogens with zero attached hydrogens (tertiary/aromatic N) is 4. The van der Waals surface area contributed by atoms with Crippen LogP contribution in [0.1, 0.15) is 29.8 Å². The third-order valence-electron chi connectivity index (χ3n) is 6.93. The van der Waals surface area contributed by atoms with Gasteiger partial charge in [-0.25, -0.2) is 4.98 Å². The number of methoxy groups -OCH3 is 1. The van der Waals surface area contributed by atoms with Crippen molar-refractivity contribution in [3.8, 4) is 22.8 Å². The van der Waals surface area contributed by atoms with Crippen LogP contribution in [0.3, 0.4) is 0 Å². The number of aliphatic hydroxyl groups excluding tert-OH is 1. The van der Waals surface area contributed by atoms with Gasteiger partial charge in [0.2, 0.25) is 11.8 Å². The summed E-state index contributed by atoms with van der Waals surface area (Å²) in [6.45, 7) is 4.31. The quantitative estimate of drug-likeness (QED) is 0.489. The topological polar surface area (TPSA) is 105 Å². The van der Waals surface area contributed by atoms with Gasteiger partial charge in [0.05, 0.1) is 32.7 Å². The zero-order chi connectivity index (χ0) is 27.2. The van der Waals surface area contributed by atoms with Gasteiger partial charge >= 0.3 is 0 Å². The van der Waals surface area contributed by atoms with E-state index in [1.807, 2.05) is 50.2 Å². The fourth-order valence-electron chi connectivity index (χ4n) is 4.44. The molecule has 3 aromatic rings. The lowest BCUT2D eigenvalue weighted by molar-refractivity contribution is -0.130. The molecule has 3 heterocycles. The molecule has 0 radical (unpaired) electrons. The van der Waals surface area contributed by atoms with Gasteiger partial charge in [0.15, 0.2) is 0 Å². The molecule has 9 heteroatoms. The van der Waals surface area contributed by atoms with Gasteiger partial charge < -0.3 is 24.4 Å². The molecular weight excluding hydrogens is 484 g/mol. The SMILES string of the molecule is COc1ccc(-c2cnc3c(c2)C(=O)N([C@H](C)CO)C[C@H](C)[C@@H](CN(C)C(=O)Cc2ccncc2)O3)cc1. The molecule has 0 saturated heterocycles. The molecule has 0 saturated carbocycles. The highest BCUT2D eigenvalue weighted by Gasteiger charge is 2.34. The van der Waals surface area contributed by atoms with Crippen molar-refractivity contribution in [1.82, 2.24) is 19.8 Å². The van der Waals surface area contributed by atoms with Gasteiger partial charge in [-0.3, -0.25) is 14.6 Å². The molecule has 9 nitrogen and oxygen atoms in total. The second-order valence-electron chi connectivity index (χ2n) is 9.73. The summed E-state index contributed by atoms with van der Waals surface area (Å²) in [6, 6.07) is 12.5. The molecule has 0 fully saturated rings. The number of amides is 2. The molecular formula is C29H34N4O5. The van der Waals surface area contributed by atoms with Gasteiger partial charge in [-0.15, -0.1) is 0 Å². The summed E-state index contributed by atoms with van der Waals surface area (Å²) >= 11 is 0. The third kappa shape index (κ3) is 6.11. The average molecular weight is 519 g/mol. The van der Waals surface area contributed by atoms with Crippen molar-refractivity contribution >= 4 is 11.8 Å². The standard InChI is InChI=1S/C29H34N4O5/c1-19-16-33(20(2)18-34)29(36)25-14-23(22-5-7-24(37-4)8-6-22)15-31-28(25)38-26(19)17-32(3)27(35)13-21-9-11-30-12-10-21/h5-12,14-15,19-20,26,34H,13,16-18H2,1-4H3/t19-,20+,26+/m0/s1. The first-order valence-corrected chi connectivity index (χ1v) is 12.7. The van der Waals surface area contributed by atoms with E-state index >= 15 is 0 Å². The number of fused-ring (bicyclic) bond motifs is 1. The molecule has 0 aliphatic carbocycles. The van der Waals surface area contributed by atoms with Crippen molar-refractivity contribution in [1.29, 1.82) is 0 Å². The number of pyridine rings is 2. The maximum atomic E-state index is 13.7. The molecule has 0 bridgehead atoms. The highest BCUT2D eigenvalue weighted by Crippen LogP contribution is 2.31. The number of aromatic nitrogens is 2. The summed E-state index contributed by atoms with van der Waals surface area (Å²) in [6.07, 6.45) is 4.85. The van der Waals surface area contributed by atoms with Gasteiger partial charge in [-0.2, -0.15) is 0 Å². The van der Waals surface area contributed by atoms with Gasteiger partial charge in [0, 0.05) is 43.7 Å². The first kappa shape index (κ1) is 27.1. The molecule has 0 spiro atoms. The van der Waals surface area contributed by atoms with Gasteiger partial charge in [0.1, 0.15) is 17.4 Å². The molecule has 200 valence electrons. The van der Waals surface area contributed by atoms with Crippen molar-refractivity contribution in [2.24, 2.45) is 5.92 Å². The van der Waals surface area contributed by atoms with E-state index in [1.54, 1.807) is 48.6 Å². The smallest absolute Gasteiger partial charge is 0.259 e. The monoisotopic (exact) mass is 518 g/mol. The number of carbonyl (C=O) groups is 2. The Bertz CT molecular complexity index is 1250. The van der Waals surface area contributed by atoms with Crippen molar-refractivity contribution in [3.05, 3.63) is 72.2 Å². The lowest BCUT2D eigenvalue weighted by Gasteiger charge is -2.37. The molecule has 38 heavy (non-hydrogen) atoms. The number of likely N-dealkylation sites (N-methyl/N-ethyl adjacent to an activating group) is 1. The first-order chi connectivity index (χ1) is 18.3. The van der Waals surface area contributed by atoms with E-state index in [2.05, 4.69) is 9.97 Å². The van der Waals surface area contributed by atoms with E-state index in [0.29, 0.717) is 18.7 Å². The number of hydrogen-bond donors (Lipinski definition) is 1. The van der Waals surface area contributed by atoms with E-state index < -0.39 is 12.1 Å². The fraction of sp³-hybridized carbons (Fsp3) is 0.379. The highest BCUT2D eigenvalue weighted by atomic mass is 16.5. The maximum absolute atomic E-state index is 13.7. The van der Waals surface area contributed by atoms with E-state index in [0.717, 1.165) is 22.4 Å². The summed E-state index contributed by atoms with van der Waals surface area (Å²) in [5, 5.41) is 9.90. The van der Waals surface area contributed by atoms with Crippen LogP contribution in [0.15, 0.2) is 61.1 Å². The van der Waals surface area contributed by atoms with E-state index in [1.165, 1.54) is 0 Å². The molecule has 3 atom stereocenters. The van der Waals surface area contributed by atoms with Crippen molar-refractivity contribution in [3.63, 3.8) is 0 Å². The van der Waals surface area contributed by atoms with E-state index in [9.17, 15) is 14.7 Å². The normalized spacial score (nSPS) is 18.0. The summed E-state index contributed by atoms with van der Waals surface area (Å²) < 4.78 is 11.6. The molecule has 1 aliphatic heterocycles. The van der Waals surface area contributed by atoms with Crippen molar-refractivity contribution < 1.29 is 24.2 Å². The Labute approximate surface area is 223 Å². The molecule has 0 unspecified atom stereocenters. The molecule has 4 rings (SSSR count). The minimum Gasteiger partial charge on any atom is -0.497 e. The Morgan fingerprint density at radius 1 is 1.21 bits per heavy atom. The lowest BCUT2D eigenvalue weighted by Crippen LogP contribution is -2.50. The van der Waals surface area contributed by atoms with E-state index in [4.69, 9.17) is 9.47 Å². The fourth-order valence-corrected chi connectivity index (χ4v) is 4.44. The first-order valence-electron chi connectivity index (χ1n) is 12.7. The molecule has 1 aliphatic rings. The van der Waals surface area contributed by atoms with Crippen LogP contribution in [0.2, 0.25) is 0 Å². The van der Waals surface area contributed by atoms with Crippen LogP contribution in [0.5, 0.6) is 11.6 Å². The number of benzene rings is 1. The summed E-state index contributed by atoms with van der Waals surface area (Å²) in [5.74, 6) is 0.523. The van der Waals surface area contributed by atoms with Crippen molar-refractivity contribution in [2.45, 2.75) is 32.4 Å². The average Bonchev–Trinajstić information content (AvgIpc) is 2.94. The Balaban J connectivity index is 1.63. The largest absolute Gasteiger partial charge is 0.497 e. The van der Waals surface area contributed by atoms with Crippen LogP contribution in [-0.2, 0) is 11.2 Å². The van der Waals surface area contributed by atoms with Gasteiger partial charge in [0.25, 0.3) is 5.91 Å². The van der Waals surface area contributed by atoms with Crippen LogP contribution in [0.25, 0.3) is 11.1 Å². The summed E-state index contributed by atoms with van der Waals surface area (Å²) in [7, 11) is 3.36. The van der Waals surface area contributed by atoms with Gasteiger partial charge in [-0.1, -0.05) is 19.1 Å². The number of aliphatic hydroxyl groups is 1. The zero-order valence-corrected chi connectivity index (χ0v) is 22.2. The molecule has 2 aromatic heterocycles. The highest BCUT2D eigenvalue weighted by molar-refractivity contribution is 5.98. The van der Waals surface area contributed by atoms with Crippen LogP contribution in [0.4, 0.5) is 0 Å². The van der Waals surface area contributed by atoms with Crippen LogP contribution >= 0.6 is 0 Å². The molecule has 2 amide bonds. The Morgan fingerprint density at radius 3 is 2.58 bits per heavy atom. The van der Waals surface area contributed by atoms with Crippen LogP contribution in [0, 0.1) is 5.92 Å². The lowest BCUT2D eigenvalue weighted by atomic mass is 9.99. The second kappa shape index (κ2) is 12.0. The predicted molar refractivity (Wildman–Crippen MR) is 143 cm³/mol. The van der Waals surface area contributed by atoms with E-state index in [-0.39, 0.29) is 36.6 Å². The number of rotatable bonds is 8. The third-order valence-corrected chi connectivity index (χ3v) is 6.93. The molecule has 1 N–H and O–H groups in total. The Kier molecular flexibility index (Phi) is 8.58. The Hall–Kier alpha value is -3.98. The molecule has 1 aromatic carbocycles. The summed E-state index contributed by atoms with van der Waals surface area (Å²) in [5.41, 5.74) is 2.84. The number of hydrogen-bond acceptors (Lipinski definition) is 7. The van der Waals surface area contributed by atoms with Gasteiger partial charge in [-0.05, 0) is 48.4 Å². The van der Waals surface area contributed by atoms with Crippen molar-refractivity contribution in [2.75, 3.05) is 33.9 Å².